The number of hydrogen-bond donors (Lipinski definition) is 1. The van der Waals surface area contributed by atoms with Crippen molar-refractivity contribution in [2.75, 3.05) is 0 Å². The minimum atomic E-state index is -1.09. The highest BCUT2D eigenvalue weighted by Crippen LogP contribution is 2.23. The van der Waals surface area contributed by atoms with Crippen LogP contribution in [0.1, 0.15) is 20.8 Å². The van der Waals surface area contributed by atoms with Gasteiger partial charge in [0.05, 0.1) is 0 Å². The predicted octanol–water partition coefficient (Wildman–Crippen LogP) is 0.898. The Morgan fingerprint density at radius 3 is 2.20 bits per heavy atom. The summed E-state index contributed by atoms with van der Waals surface area (Å²) in [5, 5.41) is 8.83. The Kier molecular flexibility index (Phi) is 1.90. The van der Waals surface area contributed by atoms with Crippen LogP contribution in [-0.4, -0.2) is 12.3 Å². The molecule has 1 rings (SSSR count). The van der Waals surface area contributed by atoms with E-state index in [1.165, 1.54) is 0 Å². The molecule has 0 saturated carbocycles. The van der Waals surface area contributed by atoms with Gasteiger partial charge in [-0.1, -0.05) is 13.8 Å². The first-order valence-corrected chi connectivity index (χ1v) is 3.33. The average Bonchev–Trinajstić information content (AvgIpc) is 2.10. The molecule has 0 aromatic heterocycles. The van der Waals surface area contributed by atoms with E-state index < -0.39 is 7.32 Å². The fraction of sp³-hybridized carbons (Fsp3) is 0.667. The number of hydrogen-bond acceptors (Lipinski definition) is 3. The molecule has 0 atom stereocenters. The van der Waals surface area contributed by atoms with E-state index in [2.05, 4.69) is 0 Å². The third-order valence-electron chi connectivity index (χ3n) is 1.38. The van der Waals surface area contributed by atoms with Crippen LogP contribution in [0.5, 0.6) is 0 Å². The first-order chi connectivity index (χ1) is 4.61. The minimum Gasteiger partial charge on any atom is -0.502 e. The molecule has 0 aromatic rings. The molecule has 0 radical (unpaired) electrons. The Labute approximate surface area is 60.8 Å². The molecule has 0 spiro atoms. The summed E-state index contributed by atoms with van der Waals surface area (Å²) in [6.45, 7) is 5.76. The zero-order chi connectivity index (χ0) is 7.72. The third-order valence-corrected chi connectivity index (χ3v) is 1.38. The van der Waals surface area contributed by atoms with E-state index in [-0.39, 0.29) is 5.92 Å². The molecular formula is C6H11BO3. The minimum absolute atomic E-state index is 0.275. The van der Waals surface area contributed by atoms with Gasteiger partial charge < -0.3 is 14.3 Å². The summed E-state index contributed by atoms with van der Waals surface area (Å²) in [4.78, 5) is 0. The molecule has 10 heavy (non-hydrogen) atoms. The van der Waals surface area contributed by atoms with Crippen LogP contribution >= 0.6 is 0 Å². The highest BCUT2D eigenvalue weighted by atomic mass is 16.7. The maximum Gasteiger partial charge on any atom is 0.784 e. The van der Waals surface area contributed by atoms with Crippen LogP contribution in [0.2, 0.25) is 0 Å². The van der Waals surface area contributed by atoms with Crippen molar-refractivity contribution >= 4 is 7.32 Å². The second-order valence-electron chi connectivity index (χ2n) is 2.62. The van der Waals surface area contributed by atoms with Crippen molar-refractivity contribution in [1.29, 1.82) is 0 Å². The lowest BCUT2D eigenvalue weighted by Gasteiger charge is -2.04. The fourth-order valence-electron chi connectivity index (χ4n) is 0.968. The SMILES string of the molecule is CC1=C(C(C)C)OB(O)O1. The standard InChI is InChI=1S/C6H11BO3/c1-4(2)6-5(3)9-7(8)10-6/h4,8H,1-3H3. The van der Waals surface area contributed by atoms with Crippen molar-refractivity contribution in [3.05, 3.63) is 11.5 Å². The first kappa shape index (κ1) is 7.47. The van der Waals surface area contributed by atoms with E-state index in [0.29, 0.717) is 5.76 Å². The van der Waals surface area contributed by atoms with Crippen LogP contribution in [-0.2, 0) is 9.31 Å². The summed E-state index contributed by atoms with van der Waals surface area (Å²) in [7, 11) is -1.09. The van der Waals surface area contributed by atoms with Gasteiger partial charge >= 0.3 is 7.32 Å². The van der Waals surface area contributed by atoms with E-state index >= 15 is 0 Å². The zero-order valence-electron chi connectivity index (χ0n) is 6.42. The highest BCUT2D eigenvalue weighted by Gasteiger charge is 2.32. The maximum absolute atomic E-state index is 8.83. The highest BCUT2D eigenvalue weighted by molar-refractivity contribution is 6.36. The summed E-state index contributed by atoms with van der Waals surface area (Å²) < 4.78 is 9.80. The molecule has 0 aromatic carbocycles. The number of rotatable bonds is 1. The molecule has 0 aliphatic carbocycles. The van der Waals surface area contributed by atoms with Gasteiger partial charge in [-0.3, -0.25) is 0 Å². The average molecular weight is 142 g/mol. The van der Waals surface area contributed by atoms with Crippen molar-refractivity contribution in [3.63, 3.8) is 0 Å². The largest absolute Gasteiger partial charge is 0.784 e. The van der Waals surface area contributed by atoms with Crippen molar-refractivity contribution < 1.29 is 14.3 Å². The predicted molar refractivity (Wildman–Crippen MR) is 37.7 cm³/mol. The van der Waals surface area contributed by atoms with E-state index in [1.807, 2.05) is 13.8 Å². The van der Waals surface area contributed by atoms with Crippen LogP contribution in [0, 0.1) is 5.92 Å². The van der Waals surface area contributed by atoms with E-state index in [0.717, 1.165) is 5.76 Å². The van der Waals surface area contributed by atoms with Gasteiger partial charge in [-0.05, 0) is 6.92 Å². The maximum atomic E-state index is 8.83. The second kappa shape index (κ2) is 2.54. The summed E-state index contributed by atoms with van der Waals surface area (Å²) in [5.41, 5.74) is 0. The Balaban J connectivity index is 2.66. The lowest BCUT2D eigenvalue weighted by Crippen LogP contribution is -2.14. The van der Waals surface area contributed by atoms with Crippen molar-refractivity contribution in [2.45, 2.75) is 20.8 Å². The van der Waals surface area contributed by atoms with Crippen LogP contribution in [0.4, 0.5) is 0 Å². The molecular weight excluding hydrogens is 131 g/mol. The lowest BCUT2D eigenvalue weighted by atomic mass is 10.1. The molecule has 0 bridgehead atoms. The third kappa shape index (κ3) is 1.26. The van der Waals surface area contributed by atoms with Gasteiger partial charge in [-0.2, -0.15) is 0 Å². The van der Waals surface area contributed by atoms with Crippen LogP contribution < -0.4 is 0 Å². The van der Waals surface area contributed by atoms with Crippen molar-refractivity contribution in [3.8, 4) is 0 Å². The molecule has 0 fully saturated rings. The van der Waals surface area contributed by atoms with Crippen LogP contribution in [0.3, 0.4) is 0 Å². The van der Waals surface area contributed by atoms with Crippen molar-refractivity contribution in [2.24, 2.45) is 5.92 Å². The Bertz CT molecular complexity index is 164. The van der Waals surface area contributed by atoms with Crippen LogP contribution in [0.15, 0.2) is 11.5 Å². The van der Waals surface area contributed by atoms with Gasteiger partial charge in [-0.25, -0.2) is 0 Å². The van der Waals surface area contributed by atoms with Gasteiger partial charge in [0.15, 0.2) is 0 Å². The van der Waals surface area contributed by atoms with Gasteiger partial charge in [0.2, 0.25) is 0 Å². The molecule has 1 aliphatic rings. The lowest BCUT2D eigenvalue weighted by molar-refractivity contribution is 0.253. The molecule has 0 saturated heterocycles. The molecule has 0 amide bonds. The smallest absolute Gasteiger partial charge is 0.502 e. The van der Waals surface area contributed by atoms with E-state index in [4.69, 9.17) is 14.3 Å². The molecule has 56 valence electrons. The van der Waals surface area contributed by atoms with E-state index in [9.17, 15) is 0 Å². The Morgan fingerprint density at radius 2 is 2.00 bits per heavy atom. The monoisotopic (exact) mass is 142 g/mol. The van der Waals surface area contributed by atoms with Crippen molar-refractivity contribution in [1.82, 2.24) is 0 Å². The van der Waals surface area contributed by atoms with Gasteiger partial charge in [0.1, 0.15) is 11.5 Å². The Hall–Kier alpha value is -0.635. The first-order valence-electron chi connectivity index (χ1n) is 3.33. The molecule has 1 heterocycles. The Morgan fingerprint density at radius 1 is 1.40 bits per heavy atom. The van der Waals surface area contributed by atoms with Gasteiger partial charge in [-0.15, -0.1) is 0 Å². The zero-order valence-corrected chi connectivity index (χ0v) is 6.42. The molecule has 3 nitrogen and oxygen atoms in total. The molecule has 1 N–H and O–H groups in total. The summed E-state index contributed by atoms with van der Waals surface area (Å²) >= 11 is 0. The number of allylic oxidation sites excluding steroid dienone is 2. The summed E-state index contributed by atoms with van der Waals surface area (Å²) in [6, 6.07) is 0. The normalized spacial score (nSPS) is 17.9. The topological polar surface area (TPSA) is 38.7 Å². The summed E-state index contributed by atoms with van der Waals surface area (Å²) in [5.74, 6) is 1.70. The fourth-order valence-corrected chi connectivity index (χ4v) is 0.968. The summed E-state index contributed by atoms with van der Waals surface area (Å²) in [6.07, 6.45) is 0. The van der Waals surface area contributed by atoms with Crippen LogP contribution in [0.25, 0.3) is 0 Å². The quantitative estimate of drug-likeness (QED) is 0.552. The second-order valence-corrected chi connectivity index (χ2v) is 2.62. The molecule has 4 heteroatoms. The molecule has 1 aliphatic heterocycles. The van der Waals surface area contributed by atoms with Gasteiger partial charge in [0.25, 0.3) is 0 Å². The van der Waals surface area contributed by atoms with E-state index in [1.54, 1.807) is 6.92 Å². The van der Waals surface area contributed by atoms with Gasteiger partial charge in [0, 0.05) is 5.92 Å². The molecule has 0 unspecified atom stereocenters.